The van der Waals surface area contributed by atoms with Crippen molar-refractivity contribution in [2.45, 2.75) is 43.8 Å². The predicted octanol–water partition coefficient (Wildman–Crippen LogP) is 4.88. The highest BCUT2D eigenvalue weighted by Gasteiger charge is 2.36. The number of methoxy groups -OCH3 is 1. The summed E-state index contributed by atoms with van der Waals surface area (Å²) >= 11 is 6.48. The van der Waals surface area contributed by atoms with Gasteiger partial charge >= 0.3 is 0 Å². The van der Waals surface area contributed by atoms with Crippen molar-refractivity contribution in [2.75, 3.05) is 93.2 Å². The van der Waals surface area contributed by atoms with Crippen LogP contribution in [0.5, 0.6) is 5.75 Å². The smallest absolute Gasteiger partial charge is 0.251 e. The third kappa shape index (κ3) is 9.39. The fraction of sp³-hybridized carbons (Fsp3) is 0.419. The Morgan fingerprint density at radius 3 is 2.20 bits per heavy atom. The molecule has 4 aliphatic rings. The van der Waals surface area contributed by atoms with E-state index in [0.29, 0.717) is 52.3 Å². The van der Waals surface area contributed by atoms with E-state index in [-0.39, 0.29) is 18.2 Å². The van der Waals surface area contributed by atoms with Gasteiger partial charge in [-0.05, 0) is 81.1 Å². The molecule has 4 N–H and O–H groups in total. The van der Waals surface area contributed by atoms with Crippen molar-refractivity contribution in [3.63, 3.8) is 0 Å². The van der Waals surface area contributed by atoms with Crippen LogP contribution in [0.25, 0.3) is 0 Å². The highest BCUT2D eigenvalue weighted by molar-refractivity contribution is 7.70. The maximum atomic E-state index is 12.9. The average Bonchev–Trinajstić information content (AvgIpc) is 3.23. The van der Waals surface area contributed by atoms with Gasteiger partial charge in [-0.3, -0.25) is 29.5 Å². The van der Waals surface area contributed by atoms with Crippen LogP contribution in [0, 0.1) is 0 Å². The third-order valence-corrected chi connectivity index (χ3v) is 13.9. The Morgan fingerprint density at radius 2 is 1.52 bits per heavy atom. The van der Waals surface area contributed by atoms with Gasteiger partial charge in [0.25, 0.3) is 5.91 Å². The molecule has 3 amide bonds. The Kier molecular flexibility index (Phi) is 12.3. The van der Waals surface area contributed by atoms with Crippen molar-refractivity contribution in [2.24, 2.45) is 0 Å². The Bertz CT molecular complexity index is 2270. The molecule has 4 fully saturated rings. The van der Waals surface area contributed by atoms with E-state index in [9.17, 15) is 18.9 Å². The number of amides is 3. The van der Waals surface area contributed by atoms with Crippen LogP contribution in [0.15, 0.2) is 72.9 Å². The normalized spacial score (nSPS) is 19.7. The van der Waals surface area contributed by atoms with Gasteiger partial charge in [-0.15, -0.1) is 0 Å². The zero-order valence-corrected chi connectivity index (χ0v) is 35.8. The molecule has 0 radical (unpaired) electrons. The number of hydrogen-bond donors (Lipinski definition) is 4. The molecule has 17 heteroatoms. The zero-order chi connectivity index (χ0) is 42.0. The predicted molar refractivity (Wildman–Crippen MR) is 237 cm³/mol. The zero-order valence-electron chi connectivity index (χ0n) is 34.2. The van der Waals surface area contributed by atoms with E-state index in [2.05, 4.69) is 63.0 Å². The number of anilines is 6. The quantitative estimate of drug-likeness (QED) is 0.113. The molecular weight excluding hydrogens is 803 g/mol. The largest absolute Gasteiger partial charge is 0.494 e. The minimum Gasteiger partial charge on any atom is -0.494 e. The molecule has 15 nitrogen and oxygen atoms in total. The van der Waals surface area contributed by atoms with Crippen molar-refractivity contribution in [3.05, 3.63) is 83.5 Å². The van der Waals surface area contributed by atoms with E-state index in [0.717, 1.165) is 87.6 Å². The van der Waals surface area contributed by atoms with E-state index in [1.165, 1.54) is 6.20 Å². The maximum absolute atomic E-state index is 12.9. The standard InChI is InChI=1S/C43H52ClN10O5P/c1-59-37-24-31(12-13-34(37)48-43-45-25-33(44)40(50-43)46-35-6-4-5-7-38(35)60(2,3)58)51-18-16-30(17-19-51)52-20-22-53(23-21-52)32-26-54(27-32)29-10-8-28(9-11-29)41(56)47-36-14-15-39(55)49-42(36)57/h4-13,24-25,30,32,36H,14-23,26-27H2,1-3H3,(H,47,56)(H,49,55,57)(H2,45,46,48,50). The molecule has 1 atom stereocenters. The molecule has 0 saturated carbocycles. The number of piperidine rings is 2. The molecule has 1 aromatic heterocycles. The summed E-state index contributed by atoms with van der Waals surface area (Å²) in [5.41, 5.74) is 4.11. The van der Waals surface area contributed by atoms with Crippen LogP contribution in [0.1, 0.15) is 36.0 Å². The van der Waals surface area contributed by atoms with Gasteiger partial charge in [0, 0.05) is 99.2 Å². The van der Waals surface area contributed by atoms with Crippen molar-refractivity contribution in [1.29, 1.82) is 0 Å². The van der Waals surface area contributed by atoms with E-state index < -0.39 is 19.1 Å². The number of piperazine rings is 1. The van der Waals surface area contributed by atoms with Gasteiger partial charge in [-0.1, -0.05) is 23.7 Å². The second-order valence-corrected chi connectivity index (χ2v) is 19.9. The third-order valence-electron chi connectivity index (χ3n) is 12.0. The van der Waals surface area contributed by atoms with Gasteiger partial charge in [-0.25, -0.2) is 4.98 Å². The lowest BCUT2D eigenvalue weighted by atomic mass is 10.00. The maximum Gasteiger partial charge on any atom is 0.251 e. The molecule has 3 aromatic carbocycles. The van der Waals surface area contributed by atoms with Crippen LogP contribution in [-0.2, 0) is 14.2 Å². The van der Waals surface area contributed by atoms with Gasteiger partial charge in [0.1, 0.15) is 24.0 Å². The number of carbonyl (C=O) groups is 3. The summed E-state index contributed by atoms with van der Waals surface area (Å²) in [6.45, 7) is 11.6. The first-order chi connectivity index (χ1) is 28.9. The summed E-state index contributed by atoms with van der Waals surface area (Å²) < 4.78 is 18.7. The molecule has 4 aliphatic heterocycles. The van der Waals surface area contributed by atoms with Crippen LogP contribution >= 0.6 is 18.7 Å². The van der Waals surface area contributed by atoms with Crippen molar-refractivity contribution in [3.8, 4) is 5.75 Å². The van der Waals surface area contributed by atoms with Crippen LogP contribution < -0.4 is 41.1 Å². The Morgan fingerprint density at radius 1 is 0.833 bits per heavy atom. The minimum atomic E-state index is -2.55. The van der Waals surface area contributed by atoms with Crippen LogP contribution in [0.2, 0.25) is 5.02 Å². The van der Waals surface area contributed by atoms with E-state index in [1.807, 2.05) is 42.5 Å². The molecule has 0 spiro atoms. The van der Waals surface area contributed by atoms with Gasteiger partial charge in [0.15, 0.2) is 5.82 Å². The number of rotatable bonds is 12. The summed E-state index contributed by atoms with van der Waals surface area (Å²) in [6, 6.07) is 21.5. The number of nitrogens with zero attached hydrogens (tertiary/aromatic N) is 6. The second-order valence-electron chi connectivity index (χ2n) is 16.3. The number of imide groups is 1. The first-order valence-electron chi connectivity index (χ1n) is 20.5. The van der Waals surface area contributed by atoms with Crippen molar-refractivity contribution < 1.29 is 23.7 Å². The van der Waals surface area contributed by atoms with E-state index in [1.54, 1.807) is 32.6 Å². The van der Waals surface area contributed by atoms with Crippen LogP contribution in [0.3, 0.4) is 0 Å². The number of para-hydroxylation sites is 1. The molecule has 4 saturated heterocycles. The number of aromatic nitrogens is 2. The minimum absolute atomic E-state index is 0.223. The molecule has 5 heterocycles. The van der Waals surface area contributed by atoms with Gasteiger partial charge in [0.2, 0.25) is 17.8 Å². The number of benzene rings is 3. The number of halogens is 1. The number of hydrogen-bond acceptors (Lipinski definition) is 13. The number of carbonyl (C=O) groups excluding carboxylic acids is 3. The Hall–Kier alpha value is -5.21. The summed E-state index contributed by atoms with van der Waals surface area (Å²) in [4.78, 5) is 55.3. The summed E-state index contributed by atoms with van der Waals surface area (Å²) in [5.74, 6) is 0.367. The highest BCUT2D eigenvalue weighted by Crippen LogP contribution is 2.39. The monoisotopic (exact) mass is 854 g/mol. The second kappa shape index (κ2) is 17.8. The number of nitrogens with one attached hydrogen (secondary N) is 4. The van der Waals surface area contributed by atoms with E-state index >= 15 is 0 Å². The average molecular weight is 855 g/mol. The lowest BCUT2D eigenvalue weighted by Crippen LogP contribution is -2.64. The highest BCUT2D eigenvalue weighted by atomic mass is 35.5. The molecule has 8 rings (SSSR count). The van der Waals surface area contributed by atoms with Gasteiger partial charge in [-0.2, -0.15) is 4.98 Å². The Labute approximate surface area is 355 Å². The van der Waals surface area contributed by atoms with Crippen LogP contribution in [-0.4, -0.2) is 128 Å². The molecule has 4 aromatic rings. The summed E-state index contributed by atoms with van der Waals surface area (Å²) in [7, 11) is -0.887. The lowest BCUT2D eigenvalue weighted by Gasteiger charge is -2.50. The first kappa shape index (κ1) is 41.5. The van der Waals surface area contributed by atoms with Crippen molar-refractivity contribution in [1.82, 2.24) is 30.4 Å². The fourth-order valence-corrected chi connectivity index (χ4v) is 9.84. The SMILES string of the molecule is COc1cc(N2CCC(N3CCN(C4CN(c5ccc(C(=O)NC6CCC(=O)NC6=O)cc5)C4)CC3)CC2)ccc1Nc1ncc(Cl)c(Nc2ccccc2P(C)(C)=O)n1. The van der Waals surface area contributed by atoms with Crippen molar-refractivity contribution >= 4 is 76.3 Å². The summed E-state index contributed by atoms with van der Waals surface area (Å²) in [5, 5.41) is 12.6. The molecular formula is C43H52ClN10O5P. The molecule has 1 unspecified atom stereocenters. The Balaban J connectivity index is 0.785. The topological polar surface area (TPSA) is 164 Å². The van der Waals surface area contributed by atoms with Gasteiger partial charge in [0.05, 0.1) is 24.7 Å². The number of ether oxygens (including phenoxy) is 1. The van der Waals surface area contributed by atoms with Gasteiger partial charge < -0.3 is 35.1 Å². The first-order valence-corrected chi connectivity index (χ1v) is 23.5. The van der Waals surface area contributed by atoms with Crippen LogP contribution in [0.4, 0.5) is 34.5 Å². The molecule has 316 valence electrons. The van der Waals surface area contributed by atoms with E-state index in [4.69, 9.17) is 16.3 Å². The summed E-state index contributed by atoms with van der Waals surface area (Å²) in [6.07, 6.45) is 4.28. The molecule has 0 bridgehead atoms. The molecule has 0 aliphatic carbocycles. The fourth-order valence-electron chi connectivity index (χ4n) is 8.54. The lowest BCUT2D eigenvalue weighted by molar-refractivity contribution is -0.134. The molecule has 60 heavy (non-hydrogen) atoms.